The third kappa shape index (κ3) is 5.06. The molecular weight excluding hydrogens is 242 g/mol. The van der Waals surface area contributed by atoms with Crippen LogP contribution < -0.4 is 0 Å². The molecule has 3 nitrogen and oxygen atoms in total. The van der Waals surface area contributed by atoms with E-state index in [9.17, 15) is 8.42 Å². The highest BCUT2D eigenvalue weighted by atomic mass is 32.2. The second-order valence-corrected chi connectivity index (χ2v) is 8.49. The normalized spacial score (nSPS) is 26.5. The molecular formula is C11H23NO2S2. The van der Waals surface area contributed by atoms with E-state index in [1.807, 2.05) is 11.8 Å². The summed E-state index contributed by atoms with van der Waals surface area (Å²) in [5.74, 6) is 1.47. The van der Waals surface area contributed by atoms with Crippen molar-refractivity contribution in [2.45, 2.75) is 37.5 Å². The van der Waals surface area contributed by atoms with Crippen molar-refractivity contribution in [2.75, 3.05) is 31.4 Å². The predicted octanol–water partition coefficient (Wildman–Crippen LogP) is 1.64. The Morgan fingerprint density at radius 2 is 2.06 bits per heavy atom. The molecule has 1 fully saturated rings. The first-order valence-corrected chi connectivity index (χ1v) is 9.03. The van der Waals surface area contributed by atoms with E-state index in [0.717, 1.165) is 5.25 Å². The zero-order chi connectivity index (χ0) is 12.2. The number of thioether (sulfide) groups is 1. The van der Waals surface area contributed by atoms with Crippen molar-refractivity contribution in [1.29, 1.82) is 0 Å². The first-order chi connectivity index (χ1) is 7.42. The van der Waals surface area contributed by atoms with E-state index >= 15 is 0 Å². The van der Waals surface area contributed by atoms with Crippen molar-refractivity contribution in [2.24, 2.45) is 0 Å². The van der Waals surface area contributed by atoms with E-state index in [0.29, 0.717) is 12.6 Å². The molecule has 5 heteroatoms. The summed E-state index contributed by atoms with van der Waals surface area (Å²) in [6.45, 7) is 2.87. The Hall–Kier alpha value is 0.260. The molecule has 2 unspecified atom stereocenters. The van der Waals surface area contributed by atoms with Crippen LogP contribution in [0.25, 0.3) is 0 Å². The van der Waals surface area contributed by atoms with Crippen LogP contribution in [-0.2, 0) is 9.84 Å². The van der Waals surface area contributed by atoms with Crippen molar-refractivity contribution in [3.8, 4) is 0 Å². The van der Waals surface area contributed by atoms with Crippen LogP contribution in [0, 0.1) is 0 Å². The summed E-state index contributed by atoms with van der Waals surface area (Å²) < 4.78 is 22.2. The number of hydrogen-bond donors (Lipinski definition) is 0. The summed E-state index contributed by atoms with van der Waals surface area (Å²) in [4.78, 5) is 2.22. The molecule has 1 rings (SSSR count). The molecule has 2 atom stereocenters. The lowest BCUT2D eigenvalue weighted by molar-refractivity contribution is 0.259. The lowest BCUT2D eigenvalue weighted by atomic mass is 10.2. The molecule has 0 aromatic carbocycles. The Balaban J connectivity index is 2.30. The predicted molar refractivity (Wildman–Crippen MR) is 71.9 cm³/mol. The third-order valence-electron chi connectivity index (χ3n) is 3.20. The Morgan fingerprint density at radius 1 is 1.38 bits per heavy atom. The van der Waals surface area contributed by atoms with Gasteiger partial charge in [0.1, 0.15) is 9.84 Å². The molecule has 0 spiro atoms. The van der Waals surface area contributed by atoms with Gasteiger partial charge in [0, 0.05) is 24.1 Å². The molecule has 0 aromatic heterocycles. The van der Waals surface area contributed by atoms with Crippen LogP contribution >= 0.6 is 11.8 Å². The van der Waals surface area contributed by atoms with Gasteiger partial charge in [-0.25, -0.2) is 8.42 Å². The van der Waals surface area contributed by atoms with Gasteiger partial charge in [-0.2, -0.15) is 11.8 Å². The number of nitrogens with zero attached hydrogens (tertiary/aromatic N) is 1. The Morgan fingerprint density at radius 3 is 2.62 bits per heavy atom. The first-order valence-electron chi connectivity index (χ1n) is 5.92. The second kappa shape index (κ2) is 6.26. The number of rotatable bonds is 6. The standard InChI is InChI=1S/C11H23NO2S2/c1-4-15-11-6-5-10(9-11)12(2)7-8-16(3,13)14/h10-11H,4-9H2,1-3H3. The van der Waals surface area contributed by atoms with Crippen LogP contribution in [0.1, 0.15) is 26.2 Å². The van der Waals surface area contributed by atoms with Gasteiger partial charge < -0.3 is 4.90 Å². The zero-order valence-corrected chi connectivity index (χ0v) is 12.1. The molecule has 1 saturated carbocycles. The molecule has 0 N–H and O–H groups in total. The summed E-state index contributed by atoms with van der Waals surface area (Å²) in [6, 6.07) is 0.589. The fraction of sp³-hybridized carbons (Fsp3) is 1.00. The quantitative estimate of drug-likeness (QED) is 0.731. The van der Waals surface area contributed by atoms with Crippen LogP contribution in [0.4, 0.5) is 0 Å². The minimum atomic E-state index is -2.82. The van der Waals surface area contributed by atoms with E-state index in [4.69, 9.17) is 0 Å². The van der Waals surface area contributed by atoms with E-state index in [-0.39, 0.29) is 5.75 Å². The minimum absolute atomic E-state index is 0.283. The maximum atomic E-state index is 11.1. The minimum Gasteiger partial charge on any atom is -0.302 e. The molecule has 0 saturated heterocycles. The zero-order valence-electron chi connectivity index (χ0n) is 10.5. The van der Waals surface area contributed by atoms with Gasteiger partial charge in [0.15, 0.2) is 0 Å². The van der Waals surface area contributed by atoms with Crippen molar-refractivity contribution in [3.05, 3.63) is 0 Å². The molecule has 1 aliphatic carbocycles. The maximum Gasteiger partial charge on any atom is 0.148 e. The molecule has 0 amide bonds. The Kier molecular flexibility index (Phi) is 5.61. The van der Waals surface area contributed by atoms with Crippen LogP contribution in [0.2, 0.25) is 0 Å². The van der Waals surface area contributed by atoms with Crippen molar-refractivity contribution < 1.29 is 8.42 Å². The second-order valence-electron chi connectivity index (χ2n) is 4.65. The van der Waals surface area contributed by atoms with Crippen molar-refractivity contribution in [1.82, 2.24) is 4.90 Å². The van der Waals surface area contributed by atoms with Crippen molar-refractivity contribution >= 4 is 21.6 Å². The van der Waals surface area contributed by atoms with E-state index in [2.05, 4.69) is 18.9 Å². The first kappa shape index (κ1) is 14.3. The molecule has 16 heavy (non-hydrogen) atoms. The third-order valence-corrected chi connectivity index (χ3v) is 5.35. The van der Waals surface area contributed by atoms with Gasteiger partial charge in [-0.3, -0.25) is 0 Å². The number of hydrogen-bond acceptors (Lipinski definition) is 4. The molecule has 1 aliphatic rings. The monoisotopic (exact) mass is 265 g/mol. The van der Waals surface area contributed by atoms with E-state index in [1.165, 1.54) is 31.3 Å². The highest BCUT2D eigenvalue weighted by molar-refractivity contribution is 7.99. The smallest absolute Gasteiger partial charge is 0.148 e. The van der Waals surface area contributed by atoms with E-state index in [1.54, 1.807) is 0 Å². The molecule has 0 aliphatic heterocycles. The average Bonchev–Trinajstić information content (AvgIpc) is 2.62. The highest BCUT2D eigenvalue weighted by Gasteiger charge is 2.27. The fourth-order valence-corrected chi connectivity index (χ4v) is 3.95. The molecule has 0 radical (unpaired) electrons. The number of sulfone groups is 1. The summed E-state index contributed by atoms with van der Waals surface area (Å²) in [6.07, 6.45) is 5.04. The average molecular weight is 265 g/mol. The van der Waals surface area contributed by atoms with Gasteiger partial charge in [-0.15, -0.1) is 0 Å². The molecule has 96 valence electrons. The lowest BCUT2D eigenvalue weighted by Crippen LogP contribution is -2.33. The molecule has 0 heterocycles. The lowest BCUT2D eigenvalue weighted by Gasteiger charge is -2.23. The maximum absolute atomic E-state index is 11.1. The van der Waals surface area contributed by atoms with Gasteiger partial charge in [-0.1, -0.05) is 6.92 Å². The van der Waals surface area contributed by atoms with Crippen LogP contribution in [0.5, 0.6) is 0 Å². The summed E-state index contributed by atoms with van der Waals surface area (Å²) >= 11 is 2.04. The topological polar surface area (TPSA) is 37.4 Å². The van der Waals surface area contributed by atoms with Crippen LogP contribution in [-0.4, -0.2) is 56.0 Å². The van der Waals surface area contributed by atoms with Crippen LogP contribution in [0.15, 0.2) is 0 Å². The molecule has 0 bridgehead atoms. The largest absolute Gasteiger partial charge is 0.302 e. The van der Waals surface area contributed by atoms with Gasteiger partial charge in [0.25, 0.3) is 0 Å². The fourth-order valence-electron chi connectivity index (χ4n) is 2.20. The van der Waals surface area contributed by atoms with Gasteiger partial charge in [-0.05, 0) is 32.1 Å². The molecule has 0 aromatic rings. The van der Waals surface area contributed by atoms with Crippen molar-refractivity contribution in [3.63, 3.8) is 0 Å². The SMILES string of the molecule is CCSC1CCC(N(C)CCS(C)(=O)=O)C1. The van der Waals surface area contributed by atoms with E-state index < -0.39 is 9.84 Å². The van der Waals surface area contributed by atoms with Crippen LogP contribution in [0.3, 0.4) is 0 Å². The summed E-state index contributed by atoms with van der Waals surface area (Å²) in [7, 11) is -0.769. The Labute approximate surface area is 104 Å². The Bertz CT molecular complexity index is 303. The highest BCUT2D eigenvalue weighted by Crippen LogP contribution is 2.31. The summed E-state index contributed by atoms with van der Waals surface area (Å²) in [5.41, 5.74) is 0. The van der Waals surface area contributed by atoms with Gasteiger partial charge >= 0.3 is 0 Å². The summed E-state index contributed by atoms with van der Waals surface area (Å²) in [5, 5.41) is 0.788. The van der Waals surface area contributed by atoms with Gasteiger partial charge in [0.05, 0.1) is 5.75 Å². The van der Waals surface area contributed by atoms with Gasteiger partial charge in [0.2, 0.25) is 0 Å².